The van der Waals surface area contributed by atoms with E-state index in [0.717, 1.165) is 0 Å². The van der Waals surface area contributed by atoms with Gasteiger partial charge in [-0.2, -0.15) is 0 Å². The fourth-order valence-electron chi connectivity index (χ4n) is 2.53. The summed E-state index contributed by atoms with van der Waals surface area (Å²) >= 11 is 5.94. The van der Waals surface area contributed by atoms with Gasteiger partial charge in [-0.05, 0) is 48.5 Å². The molecule has 3 aromatic carbocycles. The average molecular weight is 352 g/mol. The van der Waals surface area contributed by atoms with E-state index < -0.39 is 11.9 Å². The molecule has 3 rings (SSSR count). The van der Waals surface area contributed by atoms with Crippen LogP contribution in [0.1, 0.15) is 20.7 Å². The van der Waals surface area contributed by atoms with Crippen LogP contribution >= 0.6 is 11.6 Å². The zero-order valence-corrected chi connectivity index (χ0v) is 13.9. The van der Waals surface area contributed by atoms with E-state index in [4.69, 9.17) is 11.6 Å². The van der Waals surface area contributed by atoms with Gasteiger partial charge in [-0.25, -0.2) is 4.79 Å². The molecule has 124 valence electrons. The second kappa shape index (κ2) is 7.20. The minimum atomic E-state index is -1.15. The highest BCUT2D eigenvalue weighted by Gasteiger charge is 2.24. The van der Waals surface area contributed by atoms with Crippen molar-refractivity contribution in [2.75, 3.05) is 4.90 Å². The van der Waals surface area contributed by atoms with Crippen molar-refractivity contribution in [3.8, 4) is 0 Å². The topological polar surface area (TPSA) is 57.6 Å². The molecule has 0 heterocycles. The quantitative estimate of drug-likeness (QED) is 0.718. The van der Waals surface area contributed by atoms with Gasteiger partial charge in [0.1, 0.15) is 0 Å². The highest BCUT2D eigenvalue weighted by Crippen LogP contribution is 2.29. The zero-order valence-electron chi connectivity index (χ0n) is 13.1. The summed E-state index contributed by atoms with van der Waals surface area (Å²) in [6.45, 7) is 0. The fourth-order valence-corrected chi connectivity index (χ4v) is 2.65. The summed E-state index contributed by atoms with van der Waals surface area (Å²) in [4.78, 5) is 26.1. The van der Waals surface area contributed by atoms with Crippen molar-refractivity contribution < 1.29 is 14.7 Å². The van der Waals surface area contributed by atoms with Gasteiger partial charge in [-0.3, -0.25) is 9.69 Å². The van der Waals surface area contributed by atoms with Gasteiger partial charge in [0.25, 0.3) is 5.91 Å². The van der Waals surface area contributed by atoms with E-state index in [-0.39, 0.29) is 11.1 Å². The van der Waals surface area contributed by atoms with Gasteiger partial charge in [-0.15, -0.1) is 0 Å². The van der Waals surface area contributed by atoms with Crippen molar-refractivity contribution in [1.29, 1.82) is 0 Å². The number of para-hydroxylation sites is 1. The second-order valence-electron chi connectivity index (χ2n) is 5.30. The van der Waals surface area contributed by atoms with Crippen LogP contribution in [0.15, 0.2) is 78.9 Å². The molecule has 0 saturated heterocycles. The number of carboxylic acid groups (broad SMARTS) is 1. The number of aromatic carboxylic acids is 1. The first-order chi connectivity index (χ1) is 12.1. The summed E-state index contributed by atoms with van der Waals surface area (Å²) in [5.41, 5.74) is 1.31. The monoisotopic (exact) mass is 351 g/mol. The van der Waals surface area contributed by atoms with E-state index in [9.17, 15) is 14.7 Å². The maximum atomic E-state index is 13.2. The zero-order chi connectivity index (χ0) is 17.8. The van der Waals surface area contributed by atoms with E-state index in [2.05, 4.69) is 0 Å². The predicted molar refractivity (Wildman–Crippen MR) is 97.8 cm³/mol. The Labute approximate surface area is 149 Å². The second-order valence-corrected chi connectivity index (χ2v) is 5.74. The number of amides is 1. The number of hydrogen-bond donors (Lipinski definition) is 1. The maximum absolute atomic E-state index is 13.2. The summed E-state index contributed by atoms with van der Waals surface area (Å²) in [7, 11) is 0. The van der Waals surface area contributed by atoms with Crippen molar-refractivity contribution in [2.45, 2.75) is 0 Å². The molecule has 0 aliphatic rings. The van der Waals surface area contributed by atoms with Crippen molar-refractivity contribution in [3.05, 3.63) is 95.0 Å². The first-order valence-electron chi connectivity index (χ1n) is 7.55. The van der Waals surface area contributed by atoms with E-state index in [1.54, 1.807) is 48.5 Å². The molecule has 4 nitrogen and oxygen atoms in total. The highest BCUT2D eigenvalue weighted by atomic mass is 35.5. The molecule has 1 N–H and O–H groups in total. The molecule has 0 atom stereocenters. The highest BCUT2D eigenvalue weighted by molar-refractivity contribution is 6.30. The third-order valence-electron chi connectivity index (χ3n) is 3.69. The van der Waals surface area contributed by atoms with Crippen LogP contribution in [-0.2, 0) is 0 Å². The number of halogens is 1. The first kappa shape index (κ1) is 16.7. The minimum absolute atomic E-state index is 0.0394. The smallest absolute Gasteiger partial charge is 0.336 e. The normalized spacial score (nSPS) is 10.3. The average Bonchev–Trinajstić information content (AvgIpc) is 2.64. The number of nitrogens with zero attached hydrogens (tertiary/aromatic N) is 1. The summed E-state index contributed by atoms with van der Waals surface area (Å²) in [5.74, 6) is -1.57. The van der Waals surface area contributed by atoms with Crippen LogP contribution in [0, 0.1) is 0 Å². The largest absolute Gasteiger partial charge is 0.478 e. The molecule has 0 fully saturated rings. The van der Waals surface area contributed by atoms with Crippen molar-refractivity contribution in [2.24, 2.45) is 0 Å². The lowest BCUT2D eigenvalue weighted by atomic mass is 10.1. The van der Waals surface area contributed by atoms with Gasteiger partial charge in [0, 0.05) is 16.4 Å². The molecule has 0 aliphatic carbocycles. The van der Waals surface area contributed by atoms with Gasteiger partial charge >= 0.3 is 5.97 Å². The molecule has 5 heteroatoms. The standard InChI is InChI=1S/C20H14ClNO3/c21-14-10-12-16(13-11-14)22(15-6-2-1-3-7-15)19(23)17-8-4-5-9-18(17)20(24)25/h1-13H,(H,24,25). The Morgan fingerprint density at radius 3 is 1.84 bits per heavy atom. The van der Waals surface area contributed by atoms with E-state index >= 15 is 0 Å². The molecule has 3 aromatic rings. The molecule has 25 heavy (non-hydrogen) atoms. The molecule has 0 unspecified atom stereocenters. The van der Waals surface area contributed by atoms with E-state index in [0.29, 0.717) is 16.4 Å². The number of carboxylic acids is 1. The molecule has 0 aromatic heterocycles. The summed E-state index contributed by atoms with van der Waals surface area (Å²) in [6.07, 6.45) is 0. The molecule has 0 saturated carbocycles. The molecule has 0 bridgehead atoms. The Morgan fingerprint density at radius 1 is 0.720 bits per heavy atom. The fraction of sp³-hybridized carbons (Fsp3) is 0. The van der Waals surface area contributed by atoms with Crippen molar-refractivity contribution in [3.63, 3.8) is 0 Å². The summed E-state index contributed by atoms with van der Waals surface area (Å²) in [6, 6.07) is 22.0. The van der Waals surface area contributed by atoms with Crippen LogP contribution in [-0.4, -0.2) is 17.0 Å². The van der Waals surface area contributed by atoms with Crippen LogP contribution in [0.3, 0.4) is 0 Å². The lowest BCUT2D eigenvalue weighted by Crippen LogP contribution is -2.27. The van der Waals surface area contributed by atoms with E-state index in [1.807, 2.05) is 18.2 Å². The third-order valence-corrected chi connectivity index (χ3v) is 3.94. The van der Waals surface area contributed by atoms with Crippen LogP contribution in [0.5, 0.6) is 0 Å². The van der Waals surface area contributed by atoms with Gasteiger partial charge < -0.3 is 5.11 Å². The molecular weight excluding hydrogens is 338 g/mol. The number of anilines is 2. The lowest BCUT2D eigenvalue weighted by molar-refractivity contribution is 0.0692. The third kappa shape index (κ3) is 3.54. The van der Waals surface area contributed by atoms with Gasteiger partial charge in [-0.1, -0.05) is 41.9 Å². The number of rotatable bonds is 4. The minimum Gasteiger partial charge on any atom is -0.478 e. The lowest BCUT2D eigenvalue weighted by Gasteiger charge is -2.24. The molecule has 0 aliphatic heterocycles. The van der Waals surface area contributed by atoms with Gasteiger partial charge in [0.05, 0.1) is 11.1 Å². The number of benzene rings is 3. The molecular formula is C20H14ClNO3. The molecule has 1 amide bonds. The van der Waals surface area contributed by atoms with Crippen molar-refractivity contribution >= 4 is 34.9 Å². The number of carbonyl (C=O) groups is 2. The number of carbonyl (C=O) groups excluding carboxylic acids is 1. The van der Waals surface area contributed by atoms with Gasteiger partial charge in [0.2, 0.25) is 0 Å². The Bertz CT molecular complexity index is 908. The van der Waals surface area contributed by atoms with Gasteiger partial charge in [0.15, 0.2) is 0 Å². The van der Waals surface area contributed by atoms with E-state index in [1.165, 1.54) is 17.0 Å². The predicted octanol–water partition coefficient (Wildman–Crippen LogP) is 5.02. The Balaban J connectivity index is 2.14. The SMILES string of the molecule is O=C(O)c1ccccc1C(=O)N(c1ccccc1)c1ccc(Cl)cc1. The van der Waals surface area contributed by atoms with Crippen LogP contribution in [0.2, 0.25) is 5.02 Å². The first-order valence-corrected chi connectivity index (χ1v) is 7.93. The van der Waals surface area contributed by atoms with Crippen molar-refractivity contribution in [1.82, 2.24) is 0 Å². The Kier molecular flexibility index (Phi) is 4.82. The molecule has 0 spiro atoms. The van der Waals surface area contributed by atoms with Crippen LogP contribution in [0.25, 0.3) is 0 Å². The Morgan fingerprint density at radius 2 is 1.24 bits per heavy atom. The van der Waals surface area contributed by atoms with Crippen LogP contribution in [0.4, 0.5) is 11.4 Å². The molecule has 0 radical (unpaired) electrons. The maximum Gasteiger partial charge on any atom is 0.336 e. The summed E-state index contributed by atoms with van der Waals surface area (Å²) in [5, 5.41) is 9.94. The summed E-state index contributed by atoms with van der Waals surface area (Å²) < 4.78 is 0. The Hall–Kier alpha value is -3.11. The number of hydrogen-bond acceptors (Lipinski definition) is 2. The van der Waals surface area contributed by atoms with Crippen LogP contribution < -0.4 is 4.90 Å².